The van der Waals surface area contributed by atoms with Crippen molar-refractivity contribution >= 4 is 34.1 Å². The maximum Gasteiger partial charge on any atom is 0.264 e. The number of anilines is 2. The molecule has 2 aromatic heterocycles. The average Bonchev–Trinajstić information content (AvgIpc) is 3.73. The minimum absolute atomic E-state index is 0.0149. The largest absolute Gasteiger partial charge is 0.396 e. The fourth-order valence-corrected chi connectivity index (χ4v) is 5.93. The van der Waals surface area contributed by atoms with Crippen molar-refractivity contribution in [3.63, 3.8) is 0 Å². The molecule has 0 fully saturated rings. The fraction of sp³-hybridized carbons (Fsp3) is 0.257. The van der Waals surface area contributed by atoms with E-state index in [0.717, 1.165) is 27.7 Å². The number of carbonyl (C=O) groups is 2. The molecule has 0 spiro atoms. The summed E-state index contributed by atoms with van der Waals surface area (Å²) in [6, 6.07) is 22.8. The number of aromatic nitrogens is 4. The average molecular weight is 605 g/mol. The lowest BCUT2D eigenvalue weighted by molar-refractivity contribution is -0.139. The molecule has 3 heterocycles. The summed E-state index contributed by atoms with van der Waals surface area (Å²) in [5.74, 6) is -1.18. The first-order valence-corrected chi connectivity index (χ1v) is 15.1. The molecule has 1 aliphatic heterocycles. The quantitative estimate of drug-likeness (QED) is 0.155. The van der Waals surface area contributed by atoms with Crippen LogP contribution in [-0.2, 0) is 41.1 Å². The molecule has 3 aromatic carbocycles. The Labute approximate surface area is 261 Å². The Hall–Kier alpha value is -5.06. The summed E-state index contributed by atoms with van der Waals surface area (Å²) in [7, 11) is 0. The summed E-state index contributed by atoms with van der Waals surface area (Å²) >= 11 is 0. The van der Waals surface area contributed by atoms with Gasteiger partial charge in [0.05, 0.1) is 24.3 Å². The molecule has 10 heteroatoms. The Kier molecular flexibility index (Phi) is 8.59. The van der Waals surface area contributed by atoms with E-state index in [2.05, 4.69) is 20.6 Å². The lowest BCUT2D eigenvalue weighted by Crippen LogP contribution is -2.44. The van der Waals surface area contributed by atoms with E-state index in [1.807, 2.05) is 79.9 Å². The van der Waals surface area contributed by atoms with Crippen LogP contribution in [0.2, 0.25) is 0 Å². The van der Waals surface area contributed by atoms with Gasteiger partial charge in [0.15, 0.2) is 5.60 Å². The first kappa shape index (κ1) is 30.0. The van der Waals surface area contributed by atoms with Gasteiger partial charge in [0.25, 0.3) is 5.91 Å². The summed E-state index contributed by atoms with van der Waals surface area (Å²) < 4.78 is 1.71. The van der Waals surface area contributed by atoms with Gasteiger partial charge in [-0.1, -0.05) is 72.8 Å². The van der Waals surface area contributed by atoms with E-state index in [1.165, 1.54) is 0 Å². The van der Waals surface area contributed by atoms with Crippen LogP contribution in [0, 0.1) is 5.92 Å². The summed E-state index contributed by atoms with van der Waals surface area (Å²) in [6.07, 6.45) is 8.66. The summed E-state index contributed by atoms with van der Waals surface area (Å²) in [5.41, 5.74) is 3.26. The van der Waals surface area contributed by atoms with Crippen LogP contribution < -0.4 is 10.2 Å². The molecule has 4 N–H and O–H groups in total. The number of amides is 2. The van der Waals surface area contributed by atoms with Gasteiger partial charge in [0, 0.05) is 60.0 Å². The van der Waals surface area contributed by atoms with Crippen molar-refractivity contribution in [3.8, 4) is 0 Å². The number of hydrogen-bond donors (Lipinski definition) is 4. The van der Waals surface area contributed by atoms with Crippen molar-refractivity contribution in [2.75, 3.05) is 16.8 Å². The molecule has 0 radical (unpaired) electrons. The van der Waals surface area contributed by atoms with Crippen molar-refractivity contribution in [1.29, 1.82) is 0 Å². The second kappa shape index (κ2) is 12.9. The standard InChI is InChI=1S/C35H36N6O4/c1-24(9-7-8-17-40-23-28(16-18-42)38-39-40)35(45)30-20-27(37-33(43)19-26-21-36-31-13-6-5-12-29(26)31)14-15-32(30)41(34(35)44)22-25-10-3-2-4-11-25/h2-7,9-15,20-21,23-24,36,42,45H,8,16-19,22H2,1H3,(H,37,43)/b9-7+/t24-,35+/m1/s1. The fourth-order valence-electron chi connectivity index (χ4n) is 5.93. The van der Waals surface area contributed by atoms with Gasteiger partial charge in [-0.25, -0.2) is 0 Å². The minimum atomic E-state index is -1.83. The van der Waals surface area contributed by atoms with Crippen LogP contribution in [-0.4, -0.2) is 48.6 Å². The van der Waals surface area contributed by atoms with Gasteiger partial charge in [-0.3, -0.25) is 14.3 Å². The highest BCUT2D eigenvalue weighted by Gasteiger charge is 2.52. The Morgan fingerprint density at radius 3 is 2.73 bits per heavy atom. The number of nitrogens with zero attached hydrogens (tertiary/aromatic N) is 4. The third kappa shape index (κ3) is 6.15. The predicted molar refractivity (Wildman–Crippen MR) is 172 cm³/mol. The van der Waals surface area contributed by atoms with Crippen molar-refractivity contribution < 1.29 is 19.8 Å². The number of aromatic amines is 1. The second-order valence-electron chi connectivity index (χ2n) is 11.4. The van der Waals surface area contributed by atoms with Crippen LogP contribution in [0.1, 0.15) is 35.7 Å². The third-order valence-electron chi connectivity index (χ3n) is 8.33. The topological polar surface area (TPSA) is 136 Å². The number of H-pyrrole nitrogens is 1. The summed E-state index contributed by atoms with van der Waals surface area (Å²) in [5, 5.41) is 33.4. The van der Waals surface area contributed by atoms with Gasteiger partial charge >= 0.3 is 0 Å². The van der Waals surface area contributed by atoms with Crippen molar-refractivity contribution in [3.05, 3.63) is 120 Å². The van der Waals surface area contributed by atoms with E-state index >= 15 is 0 Å². The molecule has 1 aliphatic rings. The van der Waals surface area contributed by atoms with E-state index in [9.17, 15) is 14.7 Å². The zero-order valence-corrected chi connectivity index (χ0v) is 25.1. The molecule has 0 unspecified atom stereocenters. The Balaban J connectivity index is 1.23. The van der Waals surface area contributed by atoms with E-state index in [0.29, 0.717) is 42.9 Å². The summed E-state index contributed by atoms with van der Waals surface area (Å²) in [6.45, 7) is 2.71. The van der Waals surface area contributed by atoms with Gasteiger partial charge in [0.1, 0.15) is 0 Å². The molecule has 230 valence electrons. The highest BCUT2D eigenvalue weighted by Crippen LogP contribution is 2.47. The molecular weight excluding hydrogens is 568 g/mol. The number of benzene rings is 3. The van der Waals surface area contributed by atoms with Crippen molar-refractivity contribution in [2.45, 2.75) is 44.9 Å². The van der Waals surface area contributed by atoms with E-state index < -0.39 is 17.4 Å². The number of aliphatic hydroxyl groups is 2. The molecule has 0 bridgehead atoms. The van der Waals surface area contributed by atoms with Crippen LogP contribution >= 0.6 is 0 Å². The maximum absolute atomic E-state index is 14.0. The SMILES string of the molecule is C[C@H](/C=C/CCn1cc(CCO)nn1)[C@@]1(O)C(=O)N(Cc2ccccc2)c2ccc(NC(=O)Cc3c[nH]c4ccccc34)cc21. The lowest BCUT2D eigenvalue weighted by atomic mass is 9.82. The van der Waals surface area contributed by atoms with E-state index in [-0.39, 0.29) is 18.9 Å². The molecule has 2 amide bonds. The Morgan fingerprint density at radius 2 is 1.91 bits per heavy atom. The molecule has 0 saturated heterocycles. The normalized spacial score (nSPS) is 16.9. The Bertz CT molecular complexity index is 1850. The van der Waals surface area contributed by atoms with Gasteiger partial charge in [-0.2, -0.15) is 0 Å². The molecular formula is C35H36N6O4. The molecule has 5 aromatic rings. The van der Waals surface area contributed by atoms with Crippen LogP contribution in [0.4, 0.5) is 11.4 Å². The second-order valence-corrected chi connectivity index (χ2v) is 11.4. The number of aliphatic hydroxyl groups excluding tert-OH is 1. The minimum Gasteiger partial charge on any atom is -0.396 e. The first-order chi connectivity index (χ1) is 21.9. The van der Waals surface area contributed by atoms with Gasteiger partial charge < -0.3 is 25.4 Å². The van der Waals surface area contributed by atoms with Crippen molar-refractivity contribution in [1.82, 2.24) is 20.0 Å². The van der Waals surface area contributed by atoms with Crippen LogP contribution in [0.3, 0.4) is 0 Å². The first-order valence-electron chi connectivity index (χ1n) is 15.1. The maximum atomic E-state index is 14.0. The van der Waals surface area contributed by atoms with Gasteiger partial charge in [-0.15, -0.1) is 5.10 Å². The summed E-state index contributed by atoms with van der Waals surface area (Å²) in [4.78, 5) is 32.0. The monoisotopic (exact) mass is 604 g/mol. The number of aryl methyl sites for hydroxylation is 1. The van der Waals surface area contributed by atoms with Crippen LogP contribution in [0.5, 0.6) is 0 Å². The van der Waals surface area contributed by atoms with Crippen LogP contribution in [0.25, 0.3) is 10.9 Å². The highest BCUT2D eigenvalue weighted by molar-refractivity contribution is 6.08. The predicted octanol–water partition coefficient (Wildman–Crippen LogP) is 4.49. The molecule has 10 nitrogen and oxygen atoms in total. The molecule has 45 heavy (non-hydrogen) atoms. The number of para-hydroxylation sites is 1. The number of fused-ring (bicyclic) bond motifs is 2. The lowest BCUT2D eigenvalue weighted by Gasteiger charge is -2.28. The van der Waals surface area contributed by atoms with E-state index in [1.54, 1.807) is 34.0 Å². The van der Waals surface area contributed by atoms with Gasteiger partial charge in [-0.05, 0) is 41.8 Å². The zero-order valence-electron chi connectivity index (χ0n) is 25.1. The Morgan fingerprint density at radius 1 is 1.11 bits per heavy atom. The van der Waals surface area contributed by atoms with Crippen molar-refractivity contribution in [2.24, 2.45) is 5.92 Å². The van der Waals surface area contributed by atoms with Gasteiger partial charge in [0.2, 0.25) is 5.91 Å². The number of nitrogens with one attached hydrogen (secondary N) is 2. The zero-order chi connectivity index (χ0) is 31.4. The highest BCUT2D eigenvalue weighted by atomic mass is 16.3. The number of carbonyl (C=O) groups excluding carboxylic acids is 2. The number of rotatable bonds is 12. The number of hydrogen-bond acceptors (Lipinski definition) is 6. The molecule has 0 saturated carbocycles. The molecule has 6 rings (SSSR count). The third-order valence-corrected chi connectivity index (χ3v) is 8.33. The van der Waals surface area contributed by atoms with E-state index in [4.69, 9.17) is 5.11 Å². The molecule has 0 aliphatic carbocycles. The number of allylic oxidation sites excluding steroid dienone is 1. The van der Waals surface area contributed by atoms with Crippen LogP contribution in [0.15, 0.2) is 97.3 Å². The molecule has 2 atom stereocenters. The smallest absolute Gasteiger partial charge is 0.264 e.